The molecular weight excluding hydrogens is 240 g/mol. The maximum atomic E-state index is 11.7. The molecule has 2 amide bonds. The third-order valence-electron chi connectivity index (χ3n) is 2.69. The van der Waals surface area contributed by atoms with Gasteiger partial charge in [-0.2, -0.15) is 0 Å². The van der Waals surface area contributed by atoms with Crippen molar-refractivity contribution in [3.8, 4) is 0 Å². The maximum absolute atomic E-state index is 11.7. The molecule has 0 unspecified atom stereocenters. The molecule has 1 aromatic carbocycles. The minimum Gasteiger partial charge on any atom is -0.352 e. The molecule has 0 spiro atoms. The van der Waals surface area contributed by atoms with Gasteiger partial charge in [0.05, 0.1) is 0 Å². The van der Waals surface area contributed by atoms with E-state index in [9.17, 15) is 9.59 Å². The van der Waals surface area contributed by atoms with Crippen molar-refractivity contribution in [1.82, 2.24) is 5.32 Å². The normalized spacial score (nSPS) is 10.3. The van der Waals surface area contributed by atoms with Gasteiger partial charge in [0.25, 0.3) is 5.91 Å². The van der Waals surface area contributed by atoms with E-state index in [1.54, 1.807) is 24.3 Å². The molecule has 19 heavy (non-hydrogen) atoms. The fourth-order valence-corrected chi connectivity index (χ4v) is 1.64. The zero-order valence-electron chi connectivity index (χ0n) is 11.8. The minimum absolute atomic E-state index is 0.0123. The van der Waals surface area contributed by atoms with Crippen LogP contribution in [0.15, 0.2) is 24.3 Å². The van der Waals surface area contributed by atoms with E-state index in [0.717, 1.165) is 6.42 Å². The van der Waals surface area contributed by atoms with Crippen LogP contribution in [0.2, 0.25) is 0 Å². The van der Waals surface area contributed by atoms with E-state index >= 15 is 0 Å². The molecule has 4 nitrogen and oxygen atoms in total. The fourth-order valence-electron chi connectivity index (χ4n) is 1.64. The SMILES string of the molecule is CCNC(=O)c1cccc(NC(=O)CCC(C)C)c1. The second kappa shape index (κ2) is 7.56. The zero-order valence-corrected chi connectivity index (χ0v) is 11.8. The van der Waals surface area contributed by atoms with Gasteiger partial charge < -0.3 is 10.6 Å². The van der Waals surface area contributed by atoms with Crippen molar-refractivity contribution in [3.05, 3.63) is 29.8 Å². The topological polar surface area (TPSA) is 58.2 Å². The predicted molar refractivity (Wildman–Crippen MR) is 77.2 cm³/mol. The number of hydrogen-bond donors (Lipinski definition) is 2. The molecule has 0 aliphatic carbocycles. The fraction of sp³-hybridized carbons (Fsp3) is 0.467. The van der Waals surface area contributed by atoms with Gasteiger partial charge in [-0.25, -0.2) is 0 Å². The van der Waals surface area contributed by atoms with Crippen molar-refractivity contribution >= 4 is 17.5 Å². The third-order valence-corrected chi connectivity index (χ3v) is 2.69. The van der Waals surface area contributed by atoms with Gasteiger partial charge >= 0.3 is 0 Å². The monoisotopic (exact) mass is 262 g/mol. The van der Waals surface area contributed by atoms with Gasteiger partial charge in [-0.1, -0.05) is 19.9 Å². The Kier molecular flexibility index (Phi) is 6.06. The molecule has 0 aliphatic rings. The standard InChI is InChI=1S/C15H22N2O2/c1-4-16-15(19)12-6-5-7-13(10-12)17-14(18)9-8-11(2)3/h5-7,10-11H,4,8-9H2,1-3H3,(H,16,19)(H,17,18). The third kappa shape index (κ3) is 5.55. The summed E-state index contributed by atoms with van der Waals surface area (Å²) in [5, 5.41) is 5.55. The summed E-state index contributed by atoms with van der Waals surface area (Å²) in [6, 6.07) is 6.98. The zero-order chi connectivity index (χ0) is 14.3. The summed E-state index contributed by atoms with van der Waals surface area (Å²) in [5.41, 5.74) is 1.22. The lowest BCUT2D eigenvalue weighted by molar-refractivity contribution is -0.116. The number of nitrogens with one attached hydrogen (secondary N) is 2. The van der Waals surface area contributed by atoms with Crippen molar-refractivity contribution in [1.29, 1.82) is 0 Å². The van der Waals surface area contributed by atoms with Crippen molar-refractivity contribution in [2.45, 2.75) is 33.6 Å². The van der Waals surface area contributed by atoms with Crippen LogP contribution < -0.4 is 10.6 Å². The van der Waals surface area contributed by atoms with Crippen LogP contribution in [0.5, 0.6) is 0 Å². The second-order valence-corrected chi connectivity index (χ2v) is 4.92. The first kappa shape index (κ1) is 15.2. The van der Waals surface area contributed by atoms with Crippen LogP contribution in [0.25, 0.3) is 0 Å². The van der Waals surface area contributed by atoms with Gasteiger partial charge in [0.15, 0.2) is 0 Å². The number of anilines is 1. The first-order valence-corrected chi connectivity index (χ1v) is 6.71. The van der Waals surface area contributed by atoms with Gasteiger partial charge in [0.1, 0.15) is 0 Å². The van der Waals surface area contributed by atoms with Gasteiger partial charge in [-0.05, 0) is 37.5 Å². The van der Waals surface area contributed by atoms with Crippen LogP contribution in [0.1, 0.15) is 44.0 Å². The number of rotatable bonds is 6. The molecule has 1 rings (SSSR count). The lowest BCUT2D eigenvalue weighted by Crippen LogP contribution is -2.22. The molecule has 0 heterocycles. The van der Waals surface area contributed by atoms with Crippen LogP contribution in [-0.4, -0.2) is 18.4 Å². The summed E-state index contributed by atoms with van der Waals surface area (Å²) < 4.78 is 0. The molecule has 2 N–H and O–H groups in total. The van der Waals surface area contributed by atoms with Crippen LogP contribution >= 0.6 is 0 Å². The summed E-state index contributed by atoms with van der Waals surface area (Å²) >= 11 is 0. The van der Waals surface area contributed by atoms with E-state index in [2.05, 4.69) is 24.5 Å². The lowest BCUT2D eigenvalue weighted by atomic mass is 10.1. The molecule has 0 bridgehead atoms. The Balaban J connectivity index is 2.61. The quantitative estimate of drug-likeness (QED) is 0.828. The molecule has 4 heteroatoms. The van der Waals surface area contributed by atoms with E-state index in [1.807, 2.05) is 6.92 Å². The summed E-state index contributed by atoms with van der Waals surface area (Å²) in [7, 11) is 0. The van der Waals surface area contributed by atoms with Crippen molar-refractivity contribution in [3.63, 3.8) is 0 Å². The summed E-state index contributed by atoms with van der Waals surface area (Å²) in [6.07, 6.45) is 1.37. The highest BCUT2D eigenvalue weighted by Crippen LogP contribution is 2.12. The Morgan fingerprint density at radius 1 is 1.26 bits per heavy atom. The van der Waals surface area contributed by atoms with Gasteiger partial charge in [-0.15, -0.1) is 0 Å². The Morgan fingerprint density at radius 2 is 2.00 bits per heavy atom. The molecule has 0 fully saturated rings. The van der Waals surface area contributed by atoms with E-state index in [-0.39, 0.29) is 11.8 Å². The summed E-state index contributed by atoms with van der Waals surface area (Å²) in [4.78, 5) is 23.4. The molecule has 0 saturated heterocycles. The lowest BCUT2D eigenvalue weighted by Gasteiger charge is -2.08. The highest BCUT2D eigenvalue weighted by molar-refractivity contribution is 5.97. The van der Waals surface area contributed by atoms with Crippen LogP contribution in [0, 0.1) is 5.92 Å². The van der Waals surface area contributed by atoms with E-state index in [4.69, 9.17) is 0 Å². The molecule has 0 aliphatic heterocycles. The van der Waals surface area contributed by atoms with E-state index in [0.29, 0.717) is 30.1 Å². The first-order valence-electron chi connectivity index (χ1n) is 6.71. The van der Waals surface area contributed by atoms with Crippen molar-refractivity contribution in [2.75, 3.05) is 11.9 Å². The van der Waals surface area contributed by atoms with Crippen molar-refractivity contribution in [2.24, 2.45) is 5.92 Å². The predicted octanol–water partition coefficient (Wildman–Crippen LogP) is 2.81. The van der Waals surface area contributed by atoms with Gasteiger partial charge in [-0.3, -0.25) is 9.59 Å². The van der Waals surface area contributed by atoms with Gasteiger partial charge in [0.2, 0.25) is 5.91 Å². The number of amides is 2. The number of hydrogen-bond acceptors (Lipinski definition) is 2. The maximum Gasteiger partial charge on any atom is 0.251 e. The molecule has 0 saturated carbocycles. The average Bonchev–Trinajstić information content (AvgIpc) is 2.37. The molecular formula is C15H22N2O2. The Hall–Kier alpha value is -1.84. The highest BCUT2D eigenvalue weighted by Gasteiger charge is 2.07. The average molecular weight is 262 g/mol. The van der Waals surface area contributed by atoms with Gasteiger partial charge in [0, 0.05) is 24.2 Å². The Morgan fingerprint density at radius 3 is 2.63 bits per heavy atom. The minimum atomic E-state index is -0.124. The Labute approximate surface area is 114 Å². The summed E-state index contributed by atoms with van der Waals surface area (Å²) in [5.74, 6) is 0.370. The first-order chi connectivity index (χ1) is 9.02. The van der Waals surface area contributed by atoms with Crippen LogP contribution in [0.3, 0.4) is 0 Å². The van der Waals surface area contributed by atoms with E-state index < -0.39 is 0 Å². The summed E-state index contributed by atoms with van der Waals surface area (Å²) in [6.45, 7) is 6.63. The molecule has 0 aromatic heterocycles. The molecule has 1 aromatic rings. The van der Waals surface area contributed by atoms with Crippen LogP contribution in [0.4, 0.5) is 5.69 Å². The number of benzene rings is 1. The number of carbonyl (C=O) groups is 2. The number of carbonyl (C=O) groups excluding carboxylic acids is 2. The Bertz CT molecular complexity index is 442. The second-order valence-electron chi connectivity index (χ2n) is 4.92. The highest BCUT2D eigenvalue weighted by atomic mass is 16.2. The molecule has 0 radical (unpaired) electrons. The largest absolute Gasteiger partial charge is 0.352 e. The molecule has 0 atom stereocenters. The smallest absolute Gasteiger partial charge is 0.251 e. The van der Waals surface area contributed by atoms with E-state index in [1.165, 1.54) is 0 Å². The van der Waals surface area contributed by atoms with Crippen molar-refractivity contribution < 1.29 is 9.59 Å². The van der Waals surface area contributed by atoms with Crippen LogP contribution in [-0.2, 0) is 4.79 Å². The molecule has 104 valence electrons.